The SMILES string of the molecule is CCCCc1cc(C(C(=O)OCC)C(C)C)on1.CCOC(=O)C(c1cc(CCCO)no1)C(C)C. The summed E-state index contributed by atoms with van der Waals surface area (Å²) in [5, 5.41) is 16.7. The molecule has 204 valence electrons. The van der Waals surface area contributed by atoms with E-state index in [1.54, 1.807) is 13.0 Å². The summed E-state index contributed by atoms with van der Waals surface area (Å²) in [5.41, 5.74) is 1.68. The molecule has 0 fully saturated rings. The van der Waals surface area contributed by atoms with Gasteiger partial charge < -0.3 is 23.6 Å². The van der Waals surface area contributed by atoms with E-state index in [1.165, 1.54) is 0 Å². The molecule has 9 heteroatoms. The third-order valence-electron chi connectivity index (χ3n) is 5.56. The number of hydrogen-bond acceptors (Lipinski definition) is 9. The van der Waals surface area contributed by atoms with Crippen LogP contribution in [-0.2, 0) is 31.9 Å². The van der Waals surface area contributed by atoms with E-state index >= 15 is 0 Å². The predicted octanol–water partition coefficient (Wildman–Crippen LogP) is 5.22. The van der Waals surface area contributed by atoms with Gasteiger partial charge in [-0.25, -0.2) is 0 Å². The second kappa shape index (κ2) is 16.9. The Labute approximate surface area is 214 Å². The average molecular weight is 509 g/mol. The molecule has 0 aromatic carbocycles. The molecule has 36 heavy (non-hydrogen) atoms. The van der Waals surface area contributed by atoms with Gasteiger partial charge in [0, 0.05) is 18.7 Å². The topological polar surface area (TPSA) is 125 Å². The molecule has 9 nitrogen and oxygen atoms in total. The van der Waals surface area contributed by atoms with Gasteiger partial charge >= 0.3 is 11.9 Å². The first-order chi connectivity index (χ1) is 17.2. The molecular formula is C27H44N2O7. The number of ether oxygens (including phenoxy) is 2. The smallest absolute Gasteiger partial charge is 0.317 e. The van der Waals surface area contributed by atoms with Crippen molar-refractivity contribution in [2.24, 2.45) is 11.8 Å². The van der Waals surface area contributed by atoms with Crippen molar-refractivity contribution in [3.63, 3.8) is 0 Å². The van der Waals surface area contributed by atoms with Crippen LogP contribution in [0.1, 0.15) is 102 Å². The summed E-state index contributed by atoms with van der Waals surface area (Å²) in [6.45, 7) is 14.4. The number of aryl methyl sites for hydroxylation is 2. The van der Waals surface area contributed by atoms with Crippen LogP contribution in [0.25, 0.3) is 0 Å². The van der Waals surface area contributed by atoms with Crippen LogP contribution >= 0.6 is 0 Å². The van der Waals surface area contributed by atoms with E-state index in [0.29, 0.717) is 37.6 Å². The van der Waals surface area contributed by atoms with Crippen LogP contribution in [0.2, 0.25) is 0 Å². The van der Waals surface area contributed by atoms with E-state index in [4.69, 9.17) is 23.6 Å². The Morgan fingerprint density at radius 2 is 1.22 bits per heavy atom. The zero-order valence-corrected chi connectivity index (χ0v) is 22.9. The van der Waals surface area contributed by atoms with Gasteiger partial charge in [0.25, 0.3) is 0 Å². The fraction of sp³-hybridized carbons (Fsp3) is 0.704. The average Bonchev–Trinajstić information content (AvgIpc) is 3.47. The molecular weight excluding hydrogens is 464 g/mol. The molecule has 2 unspecified atom stereocenters. The van der Waals surface area contributed by atoms with Crippen molar-refractivity contribution in [2.45, 2.75) is 92.4 Å². The molecule has 2 atom stereocenters. The number of carbonyl (C=O) groups is 2. The predicted molar refractivity (Wildman–Crippen MR) is 135 cm³/mol. The Balaban J connectivity index is 0.000000360. The van der Waals surface area contributed by atoms with Crippen molar-refractivity contribution < 1.29 is 33.2 Å². The molecule has 0 radical (unpaired) electrons. The lowest BCUT2D eigenvalue weighted by Gasteiger charge is -2.15. The standard InChI is InChI=1S/C14H23NO3.C13H21NO4/c1-5-7-8-11-9-12(18-15-11)13(10(3)4)14(16)17-6-2;1-4-17-13(16)12(9(2)3)11-8-10(14-18-11)6-5-7-15/h9-10,13H,5-8H2,1-4H3;8-9,12,15H,4-7H2,1-3H3. The van der Waals surface area contributed by atoms with Crippen molar-refractivity contribution in [1.82, 2.24) is 10.3 Å². The minimum absolute atomic E-state index is 0.0858. The quantitative estimate of drug-likeness (QED) is 0.342. The Kier molecular flexibility index (Phi) is 14.7. The van der Waals surface area contributed by atoms with Gasteiger partial charge in [0.1, 0.15) is 11.8 Å². The van der Waals surface area contributed by atoms with E-state index in [1.807, 2.05) is 40.7 Å². The van der Waals surface area contributed by atoms with Crippen LogP contribution in [0.15, 0.2) is 21.2 Å². The number of nitrogens with zero attached hydrogens (tertiary/aromatic N) is 2. The molecule has 2 aromatic heterocycles. The molecule has 2 heterocycles. The fourth-order valence-corrected chi connectivity index (χ4v) is 3.70. The summed E-state index contributed by atoms with van der Waals surface area (Å²) >= 11 is 0. The molecule has 0 spiro atoms. The Morgan fingerprint density at radius 1 is 0.806 bits per heavy atom. The van der Waals surface area contributed by atoms with Crippen LogP contribution in [0.5, 0.6) is 0 Å². The molecule has 0 saturated heterocycles. The third kappa shape index (κ3) is 10.1. The second-order valence-electron chi connectivity index (χ2n) is 9.32. The number of aliphatic hydroxyl groups is 1. The van der Waals surface area contributed by atoms with Crippen LogP contribution < -0.4 is 0 Å². The van der Waals surface area contributed by atoms with Crippen LogP contribution in [-0.4, -0.2) is 47.2 Å². The normalized spacial score (nSPS) is 12.7. The van der Waals surface area contributed by atoms with E-state index in [-0.39, 0.29) is 36.3 Å². The maximum atomic E-state index is 11.9. The number of carbonyl (C=O) groups excluding carboxylic acids is 2. The number of esters is 2. The summed E-state index contributed by atoms with van der Waals surface area (Å²) in [5.74, 6) is 0.0980. The van der Waals surface area contributed by atoms with Gasteiger partial charge in [-0.1, -0.05) is 51.4 Å². The zero-order valence-electron chi connectivity index (χ0n) is 22.9. The fourth-order valence-electron chi connectivity index (χ4n) is 3.70. The number of aromatic nitrogens is 2. The maximum absolute atomic E-state index is 11.9. The second-order valence-corrected chi connectivity index (χ2v) is 9.32. The minimum atomic E-state index is -0.416. The van der Waals surface area contributed by atoms with Crippen LogP contribution in [0.3, 0.4) is 0 Å². The molecule has 2 aromatic rings. The monoisotopic (exact) mass is 508 g/mol. The molecule has 2 rings (SSSR count). The highest BCUT2D eigenvalue weighted by Crippen LogP contribution is 2.28. The lowest BCUT2D eigenvalue weighted by molar-refractivity contribution is -0.147. The highest BCUT2D eigenvalue weighted by atomic mass is 16.5. The van der Waals surface area contributed by atoms with Crippen molar-refractivity contribution in [3.05, 3.63) is 35.0 Å². The van der Waals surface area contributed by atoms with Crippen LogP contribution in [0, 0.1) is 11.8 Å². The van der Waals surface area contributed by atoms with E-state index in [0.717, 1.165) is 30.7 Å². The zero-order chi connectivity index (χ0) is 27.1. The van der Waals surface area contributed by atoms with Gasteiger partial charge in [-0.3, -0.25) is 9.59 Å². The first-order valence-electron chi connectivity index (χ1n) is 13.0. The number of aliphatic hydroxyl groups excluding tert-OH is 1. The van der Waals surface area contributed by atoms with Gasteiger partial charge in [0.2, 0.25) is 0 Å². The first kappa shape index (κ1) is 31.4. The molecule has 1 N–H and O–H groups in total. The summed E-state index contributed by atoms with van der Waals surface area (Å²) in [4.78, 5) is 23.8. The molecule has 0 aliphatic rings. The van der Waals surface area contributed by atoms with Gasteiger partial charge in [-0.15, -0.1) is 0 Å². The summed E-state index contributed by atoms with van der Waals surface area (Å²) in [6, 6.07) is 3.66. The molecule has 0 saturated carbocycles. The number of unbranched alkanes of at least 4 members (excludes halogenated alkanes) is 1. The largest absolute Gasteiger partial charge is 0.465 e. The van der Waals surface area contributed by atoms with Crippen LogP contribution in [0.4, 0.5) is 0 Å². The maximum Gasteiger partial charge on any atom is 0.317 e. The molecule has 0 bridgehead atoms. The van der Waals surface area contributed by atoms with E-state index in [2.05, 4.69) is 17.2 Å². The first-order valence-corrected chi connectivity index (χ1v) is 13.0. The summed E-state index contributed by atoms with van der Waals surface area (Å²) < 4.78 is 20.6. The highest BCUT2D eigenvalue weighted by molar-refractivity contribution is 5.78. The van der Waals surface area contributed by atoms with Gasteiger partial charge in [-0.05, 0) is 51.4 Å². The minimum Gasteiger partial charge on any atom is -0.465 e. The van der Waals surface area contributed by atoms with Crippen molar-refractivity contribution in [3.8, 4) is 0 Å². The van der Waals surface area contributed by atoms with Crippen molar-refractivity contribution in [2.75, 3.05) is 19.8 Å². The van der Waals surface area contributed by atoms with Gasteiger partial charge in [-0.2, -0.15) is 0 Å². The molecule has 0 aliphatic heterocycles. The van der Waals surface area contributed by atoms with Crippen molar-refractivity contribution >= 4 is 11.9 Å². The third-order valence-corrected chi connectivity index (χ3v) is 5.56. The lowest BCUT2D eigenvalue weighted by atomic mass is 9.93. The van der Waals surface area contributed by atoms with E-state index < -0.39 is 5.92 Å². The Bertz CT molecular complexity index is 816. The molecule has 0 amide bonds. The highest BCUT2D eigenvalue weighted by Gasteiger charge is 2.30. The Morgan fingerprint density at radius 3 is 1.56 bits per heavy atom. The van der Waals surface area contributed by atoms with Crippen molar-refractivity contribution in [1.29, 1.82) is 0 Å². The molecule has 0 aliphatic carbocycles. The Hall–Kier alpha value is -2.68. The van der Waals surface area contributed by atoms with Gasteiger partial charge in [0.15, 0.2) is 11.5 Å². The summed E-state index contributed by atoms with van der Waals surface area (Å²) in [6.07, 6.45) is 4.38. The lowest BCUT2D eigenvalue weighted by Crippen LogP contribution is -2.20. The van der Waals surface area contributed by atoms with E-state index in [9.17, 15) is 9.59 Å². The number of rotatable bonds is 14. The van der Waals surface area contributed by atoms with Gasteiger partial charge in [0.05, 0.1) is 24.6 Å². The summed E-state index contributed by atoms with van der Waals surface area (Å²) in [7, 11) is 0. The number of hydrogen-bond donors (Lipinski definition) is 1.